The van der Waals surface area contributed by atoms with Crippen molar-refractivity contribution >= 4 is 58.2 Å². The van der Waals surface area contributed by atoms with Crippen molar-refractivity contribution in [1.82, 2.24) is 0 Å². The second-order valence-corrected chi connectivity index (χ2v) is 9.04. The van der Waals surface area contributed by atoms with Crippen molar-refractivity contribution in [2.75, 3.05) is 17.2 Å². The molecule has 8 heteroatoms. The normalized spacial score (nSPS) is 11.5. The molecule has 0 heterocycles. The van der Waals surface area contributed by atoms with Crippen molar-refractivity contribution in [2.45, 2.75) is 24.0 Å². The Morgan fingerprint density at radius 3 is 2.53 bits per heavy atom. The summed E-state index contributed by atoms with van der Waals surface area (Å²) < 4.78 is 5.56. The van der Waals surface area contributed by atoms with E-state index in [2.05, 4.69) is 10.6 Å². The summed E-state index contributed by atoms with van der Waals surface area (Å²) in [7, 11) is 0. The second-order valence-electron chi connectivity index (χ2n) is 6.78. The quantitative estimate of drug-likeness (QED) is 0.343. The number of carbonyl (C=O) groups excluding carboxylic acids is 2. The molecule has 2 N–H and O–H groups in total. The first kappa shape index (κ1) is 24.0. The van der Waals surface area contributed by atoms with E-state index < -0.39 is 0 Å². The molecule has 0 aromatic heterocycles. The molecule has 0 saturated carbocycles. The predicted octanol–water partition coefficient (Wildman–Crippen LogP) is 6.76. The molecule has 0 saturated heterocycles. The summed E-state index contributed by atoms with van der Waals surface area (Å²) in [5.74, 6) is 0.141. The van der Waals surface area contributed by atoms with Crippen molar-refractivity contribution in [3.05, 3.63) is 82.3 Å². The number of benzene rings is 3. The van der Waals surface area contributed by atoms with Crippen molar-refractivity contribution in [3.63, 3.8) is 0 Å². The van der Waals surface area contributed by atoms with Gasteiger partial charge in [-0.3, -0.25) is 9.59 Å². The van der Waals surface area contributed by atoms with Crippen molar-refractivity contribution in [1.29, 1.82) is 0 Å². The molecule has 2 amide bonds. The van der Waals surface area contributed by atoms with Crippen LogP contribution in [0.5, 0.6) is 5.75 Å². The first-order valence-corrected chi connectivity index (χ1v) is 11.6. The molecule has 3 aromatic rings. The van der Waals surface area contributed by atoms with E-state index in [4.69, 9.17) is 27.9 Å². The van der Waals surface area contributed by atoms with Gasteiger partial charge in [0.25, 0.3) is 5.91 Å². The highest BCUT2D eigenvalue weighted by atomic mass is 35.5. The lowest BCUT2D eigenvalue weighted by atomic mass is 10.2. The summed E-state index contributed by atoms with van der Waals surface area (Å²) >= 11 is 13.4. The highest BCUT2D eigenvalue weighted by Crippen LogP contribution is 2.29. The number of amides is 2. The van der Waals surface area contributed by atoms with E-state index in [-0.39, 0.29) is 22.1 Å². The lowest BCUT2D eigenvalue weighted by molar-refractivity contribution is -0.115. The lowest BCUT2D eigenvalue weighted by Gasteiger charge is -2.15. The molecule has 0 radical (unpaired) electrons. The molecule has 0 spiro atoms. The zero-order valence-corrected chi connectivity index (χ0v) is 19.9. The number of hydrogen-bond acceptors (Lipinski definition) is 4. The molecule has 0 aliphatic carbocycles. The zero-order chi connectivity index (χ0) is 23.1. The zero-order valence-electron chi connectivity index (χ0n) is 17.5. The van der Waals surface area contributed by atoms with E-state index in [0.29, 0.717) is 34.3 Å². The molecule has 32 heavy (non-hydrogen) atoms. The van der Waals surface area contributed by atoms with Gasteiger partial charge in [-0.05, 0) is 62.4 Å². The van der Waals surface area contributed by atoms with Gasteiger partial charge in [0.2, 0.25) is 5.91 Å². The Morgan fingerprint density at radius 2 is 1.78 bits per heavy atom. The van der Waals surface area contributed by atoms with Gasteiger partial charge in [0, 0.05) is 15.6 Å². The van der Waals surface area contributed by atoms with Crippen LogP contribution in [0.15, 0.2) is 71.6 Å². The van der Waals surface area contributed by atoms with Crippen LogP contribution in [0, 0.1) is 0 Å². The highest BCUT2D eigenvalue weighted by Gasteiger charge is 2.17. The first-order chi connectivity index (χ1) is 15.4. The Labute approximate surface area is 201 Å². The molecule has 166 valence electrons. The van der Waals surface area contributed by atoms with Crippen LogP contribution in [-0.2, 0) is 4.79 Å². The van der Waals surface area contributed by atoms with Gasteiger partial charge in [-0.1, -0.05) is 41.4 Å². The summed E-state index contributed by atoms with van der Waals surface area (Å²) in [6, 6.07) is 19.3. The maximum Gasteiger partial charge on any atom is 0.257 e. The molecule has 0 fully saturated rings. The number of anilines is 2. The van der Waals surface area contributed by atoms with E-state index in [9.17, 15) is 9.59 Å². The fourth-order valence-electron chi connectivity index (χ4n) is 2.86. The van der Waals surface area contributed by atoms with Crippen molar-refractivity contribution in [3.8, 4) is 5.75 Å². The standard InChI is InChI=1S/C24H22Cl2N2O3S/c1-3-31-22-10-5-4-9-21(22)28-23(29)15(2)32-18-8-6-7-17(14-18)27-24(30)19-12-11-16(25)13-20(19)26/h4-15H,3H2,1-2H3,(H,27,30)(H,28,29). The lowest BCUT2D eigenvalue weighted by Crippen LogP contribution is -2.22. The van der Waals surface area contributed by atoms with E-state index in [1.165, 1.54) is 17.8 Å². The number of rotatable bonds is 8. The molecule has 0 aliphatic rings. The second kappa shape index (κ2) is 11.3. The monoisotopic (exact) mass is 488 g/mol. The Bertz CT molecular complexity index is 1120. The predicted molar refractivity (Wildman–Crippen MR) is 132 cm³/mol. The minimum absolute atomic E-state index is 0.149. The van der Waals surface area contributed by atoms with Gasteiger partial charge in [-0.15, -0.1) is 11.8 Å². The molecule has 1 unspecified atom stereocenters. The van der Waals surface area contributed by atoms with Gasteiger partial charge >= 0.3 is 0 Å². The van der Waals surface area contributed by atoms with E-state index in [0.717, 1.165) is 4.90 Å². The number of para-hydroxylation sites is 2. The molecule has 3 aromatic carbocycles. The van der Waals surface area contributed by atoms with Gasteiger partial charge < -0.3 is 15.4 Å². The van der Waals surface area contributed by atoms with E-state index in [1.54, 1.807) is 24.3 Å². The van der Waals surface area contributed by atoms with Crippen LogP contribution in [0.25, 0.3) is 0 Å². The van der Waals surface area contributed by atoms with Crippen LogP contribution >= 0.6 is 35.0 Å². The summed E-state index contributed by atoms with van der Waals surface area (Å²) in [4.78, 5) is 26.1. The number of carbonyl (C=O) groups is 2. The maximum atomic E-state index is 12.7. The van der Waals surface area contributed by atoms with Crippen molar-refractivity contribution < 1.29 is 14.3 Å². The Morgan fingerprint density at radius 1 is 1.00 bits per heavy atom. The third kappa shape index (κ3) is 6.42. The Hall–Kier alpha value is -2.67. The number of hydrogen-bond donors (Lipinski definition) is 2. The number of thioether (sulfide) groups is 1. The van der Waals surface area contributed by atoms with Gasteiger partial charge in [0.15, 0.2) is 0 Å². The van der Waals surface area contributed by atoms with Crippen molar-refractivity contribution in [2.24, 2.45) is 0 Å². The number of nitrogens with one attached hydrogen (secondary N) is 2. The molecular weight excluding hydrogens is 467 g/mol. The minimum atomic E-state index is -0.374. The molecule has 0 aliphatic heterocycles. The summed E-state index contributed by atoms with van der Waals surface area (Å²) in [5, 5.41) is 6.10. The van der Waals surface area contributed by atoms with Crippen LogP contribution in [0.3, 0.4) is 0 Å². The van der Waals surface area contributed by atoms with Crippen LogP contribution in [0.4, 0.5) is 11.4 Å². The average Bonchev–Trinajstić information content (AvgIpc) is 2.75. The average molecular weight is 489 g/mol. The number of halogens is 2. The summed E-state index contributed by atoms with van der Waals surface area (Å²) in [6.45, 7) is 4.22. The van der Waals surface area contributed by atoms with Gasteiger partial charge in [0.05, 0.1) is 28.1 Å². The Kier molecular flexibility index (Phi) is 8.45. The third-order valence-electron chi connectivity index (χ3n) is 4.39. The fraction of sp³-hybridized carbons (Fsp3) is 0.167. The minimum Gasteiger partial charge on any atom is -0.492 e. The van der Waals surface area contributed by atoms with Gasteiger partial charge in [-0.25, -0.2) is 0 Å². The van der Waals surface area contributed by atoms with Crippen LogP contribution in [0.1, 0.15) is 24.2 Å². The third-order valence-corrected chi connectivity index (χ3v) is 6.04. The largest absolute Gasteiger partial charge is 0.492 e. The molecule has 0 bridgehead atoms. The van der Waals surface area contributed by atoms with Crippen LogP contribution in [-0.4, -0.2) is 23.7 Å². The summed E-state index contributed by atoms with van der Waals surface area (Å²) in [6.07, 6.45) is 0. The maximum absolute atomic E-state index is 12.7. The van der Waals surface area contributed by atoms with E-state index in [1.807, 2.05) is 50.2 Å². The Balaban J connectivity index is 1.65. The SMILES string of the molecule is CCOc1ccccc1NC(=O)C(C)Sc1cccc(NC(=O)c2ccc(Cl)cc2Cl)c1. The molecule has 1 atom stereocenters. The van der Waals surface area contributed by atoms with Crippen LogP contribution in [0.2, 0.25) is 10.0 Å². The first-order valence-electron chi connectivity index (χ1n) is 9.93. The highest BCUT2D eigenvalue weighted by molar-refractivity contribution is 8.00. The summed E-state index contributed by atoms with van der Waals surface area (Å²) in [5.41, 5.74) is 1.56. The number of ether oxygens (including phenoxy) is 1. The van der Waals surface area contributed by atoms with Gasteiger partial charge in [-0.2, -0.15) is 0 Å². The van der Waals surface area contributed by atoms with E-state index >= 15 is 0 Å². The molecule has 3 rings (SSSR count). The van der Waals surface area contributed by atoms with Crippen LogP contribution < -0.4 is 15.4 Å². The van der Waals surface area contributed by atoms with Gasteiger partial charge in [0.1, 0.15) is 5.75 Å². The smallest absolute Gasteiger partial charge is 0.257 e. The topological polar surface area (TPSA) is 67.4 Å². The molecular formula is C24H22Cl2N2O3S. The fourth-order valence-corrected chi connectivity index (χ4v) is 4.28. The molecule has 5 nitrogen and oxygen atoms in total.